The first-order valence-corrected chi connectivity index (χ1v) is 13.6. The number of halogens is 2. The quantitative estimate of drug-likeness (QED) is 0.315. The number of nitrogens with zero attached hydrogens (tertiary/aromatic N) is 2. The lowest BCUT2D eigenvalue weighted by Crippen LogP contribution is -2.41. The van der Waals surface area contributed by atoms with Crippen molar-refractivity contribution in [3.05, 3.63) is 121 Å². The summed E-state index contributed by atoms with van der Waals surface area (Å²) >= 11 is 9.71. The Morgan fingerprint density at radius 2 is 1.78 bits per heavy atom. The molecule has 1 fully saturated rings. The molecule has 1 saturated carbocycles. The number of carbonyl (C=O) groups is 1. The van der Waals surface area contributed by atoms with Gasteiger partial charge in [-0.15, -0.1) is 0 Å². The molecule has 0 atom stereocenters. The second-order valence-corrected chi connectivity index (χ2v) is 11.2. The van der Waals surface area contributed by atoms with Gasteiger partial charge in [-0.05, 0) is 59.4 Å². The molecule has 186 valence electrons. The lowest BCUT2D eigenvalue weighted by molar-refractivity contribution is -0.131. The lowest BCUT2D eigenvalue weighted by Gasteiger charge is -2.29. The number of H-pyrrole nitrogens is 1. The predicted octanol–water partition coefficient (Wildman–Crippen LogP) is 6.06. The van der Waals surface area contributed by atoms with E-state index >= 15 is 0 Å². The zero-order chi connectivity index (χ0) is 25.6. The van der Waals surface area contributed by atoms with Crippen LogP contribution in [0.1, 0.15) is 41.1 Å². The van der Waals surface area contributed by atoms with Gasteiger partial charge in [0.2, 0.25) is 5.91 Å². The van der Waals surface area contributed by atoms with E-state index in [-0.39, 0.29) is 29.8 Å². The highest BCUT2D eigenvalue weighted by Crippen LogP contribution is 2.52. The number of amides is 1. The monoisotopic (exact) mass is 573 g/mol. The number of aromatic nitrogens is 2. The van der Waals surface area contributed by atoms with E-state index in [2.05, 4.69) is 33.0 Å². The molecule has 0 radical (unpaired) electrons. The molecule has 0 spiro atoms. The molecular weight excluding hydrogens is 550 g/mol. The topological polar surface area (TPSA) is 66.1 Å². The molecule has 6 rings (SSSR count). The second kappa shape index (κ2) is 9.58. The van der Waals surface area contributed by atoms with Crippen molar-refractivity contribution in [1.29, 1.82) is 0 Å². The van der Waals surface area contributed by atoms with E-state index in [9.17, 15) is 9.59 Å². The van der Waals surface area contributed by atoms with Gasteiger partial charge in [-0.1, -0.05) is 76.1 Å². The van der Waals surface area contributed by atoms with Crippen molar-refractivity contribution in [2.24, 2.45) is 0 Å². The molecule has 1 aliphatic carbocycles. The minimum Gasteiger partial charge on any atom is -0.337 e. The molecule has 3 aromatic carbocycles. The summed E-state index contributed by atoms with van der Waals surface area (Å²) in [4.78, 5) is 36.1. The van der Waals surface area contributed by atoms with Crippen molar-refractivity contribution in [3.63, 3.8) is 0 Å². The van der Waals surface area contributed by atoms with Gasteiger partial charge in [0.25, 0.3) is 5.56 Å². The number of carbonyl (C=O) groups excluding carboxylic acids is 1. The molecule has 0 unspecified atom stereocenters. The molecule has 2 heterocycles. The number of aromatic amines is 1. The Morgan fingerprint density at radius 1 is 1.03 bits per heavy atom. The van der Waals surface area contributed by atoms with Gasteiger partial charge in [0, 0.05) is 22.5 Å². The third-order valence-corrected chi connectivity index (χ3v) is 8.17. The number of rotatable bonds is 5. The van der Waals surface area contributed by atoms with E-state index in [1.54, 1.807) is 4.90 Å². The Hall–Kier alpha value is -3.22. The number of nitrogens with one attached hydrogen (secondary N) is 1. The Morgan fingerprint density at radius 3 is 2.54 bits per heavy atom. The normalized spacial score (nSPS) is 15.8. The summed E-state index contributed by atoms with van der Waals surface area (Å²) < 4.78 is 1.02. The van der Waals surface area contributed by atoms with Crippen LogP contribution in [0.5, 0.6) is 0 Å². The first kappa shape index (κ1) is 24.1. The standard InChI is InChI=1S/C30H25BrClN3O2/c31-23-8-3-7-22(17-23)30(11-12-30)29-33-26-10-13-35(18-25(26)28(37)34-29)27(36)15-19-4-1-5-20(14-19)21-6-2-9-24(32)16-21/h1-9,14,16-17H,10-13,15,18H2,(H,33,34,37). The molecule has 1 N–H and O–H groups in total. The van der Waals surface area contributed by atoms with Crippen LogP contribution in [0.3, 0.4) is 0 Å². The average molecular weight is 575 g/mol. The highest BCUT2D eigenvalue weighted by atomic mass is 79.9. The van der Waals surface area contributed by atoms with Gasteiger partial charge in [0.15, 0.2) is 0 Å². The Balaban J connectivity index is 1.20. The fourth-order valence-corrected chi connectivity index (χ4v) is 5.84. The number of hydrogen-bond acceptors (Lipinski definition) is 3. The summed E-state index contributed by atoms with van der Waals surface area (Å²) in [5, 5.41) is 0.678. The van der Waals surface area contributed by atoms with Crippen LogP contribution in [0.2, 0.25) is 5.02 Å². The van der Waals surface area contributed by atoms with Gasteiger partial charge in [-0.2, -0.15) is 0 Å². The minimum absolute atomic E-state index is 0.00479. The van der Waals surface area contributed by atoms with Crippen LogP contribution >= 0.6 is 27.5 Å². The van der Waals surface area contributed by atoms with E-state index in [0.717, 1.165) is 51.1 Å². The fourth-order valence-electron chi connectivity index (χ4n) is 5.25. The molecule has 0 bridgehead atoms. The minimum atomic E-state index is -0.223. The summed E-state index contributed by atoms with van der Waals surface area (Å²) in [6.45, 7) is 0.842. The molecule has 1 aromatic heterocycles. The van der Waals surface area contributed by atoms with E-state index < -0.39 is 0 Å². The van der Waals surface area contributed by atoms with Crippen LogP contribution in [0.4, 0.5) is 0 Å². The number of fused-ring (bicyclic) bond motifs is 1. The zero-order valence-electron chi connectivity index (χ0n) is 20.1. The number of hydrogen-bond donors (Lipinski definition) is 1. The van der Waals surface area contributed by atoms with Crippen LogP contribution in [0, 0.1) is 0 Å². The predicted molar refractivity (Wildman–Crippen MR) is 149 cm³/mol. The highest BCUT2D eigenvalue weighted by molar-refractivity contribution is 9.10. The lowest BCUT2D eigenvalue weighted by atomic mass is 9.94. The SMILES string of the molecule is O=C(Cc1cccc(-c2cccc(Cl)c2)c1)N1CCc2nc(C3(c4cccc(Br)c4)CC3)[nH]c(=O)c2C1. The van der Waals surface area contributed by atoms with E-state index in [0.29, 0.717) is 23.6 Å². The third kappa shape index (κ3) is 4.76. The second-order valence-electron chi connectivity index (χ2n) is 9.89. The Labute approximate surface area is 228 Å². The van der Waals surface area contributed by atoms with E-state index in [1.807, 2.05) is 60.7 Å². The molecule has 1 aliphatic heterocycles. The molecule has 7 heteroatoms. The molecule has 2 aliphatic rings. The molecule has 37 heavy (non-hydrogen) atoms. The van der Waals surface area contributed by atoms with Gasteiger partial charge in [0.1, 0.15) is 5.82 Å². The maximum absolute atomic E-state index is 13.2. The maximum atomic E-state index is 13.2. The molecule has 4 aromatic rings. The molecule has 1 amide bonds. The van der Waals surface area contributed by atoms with Crippen molar-refractivity contribution in [2.45, 2.75) is 37.6 Å². The summed E-state index contributed by atoms with van der Waals surface area (Å²) in [6, 6.07) is 23.9. The van der Waals surface area contributed by atoms with Crippen LogP contribution in [-0.4, -0.2) is 27.3 Å². The zero-order valence-corrected chi connectivity index (χ0v) is 22.5. The fraction of sp³-hybridized carbons (Fsp3) is 0.233. The van der Waals surface area contributed by atoms with Gasteiger partial charge >= 0.3 is 0 Å². The average Bonchev–Trinajstić information content (AvgIpc) is 3.71. The van der Waals surface area contributed by atoms with Crippen LogP contribution in [0.15, 0.2) is 82.1 Å². The van der Waals surface area contributed by atoms with Crippen LogP contribution in [-0.2, 0) is 29.6 Å². The molecule has 0 saturated heterocycles. The van der Waals surface area contributed by atoms with E-state index in [4.69, 9.17) is 16.6 Å². The summed E-state index contributed by atoms with van der Waals surface area (Å²) in [5.41, 5.74) is 5.18. The van der Waals surface area contributed by atoms with Crippen molar-refractivity contribution in [3.8, 4) is 11.1 Å². The third-order valence-electron chi connectivity index (χ3n) is 7.44. The summed E-state index contributed by atoms with van der Waals surface area (Å²) in [7, 11) is 0. The smallest absolute Gasteiger partial charge is 0.256 e. The van der Waals surface area contributed by atoms with Gasteiger partial charge < -0.3 is 9.88 Å². The largest absolute Gasteiger partial charge is 0.337 e. The summed E-state index contributed by atoms with van der Waals surface area (Å²) in [6.07, 6.45) is 2.78. The van der Waals surface area contributed by atoms with Gasteiger partial charge in [0.05, 0.1) is 29.6 Å². The van der Waals surface area contributed by atoms with Gasteiger partial charge in [-0.3, -0.25) is 9.59 Å². The first-order valence-electron chi connectivity index (χ1n) is 12.4. The first-order chi connectivity index (χ1) is 17.9. The molecular formula is C30H25BrClN3O2. The van der Waals surface area contributed by atoms with Crippen LogP contribution < -0.4 is 5.56 Å². The number of benzene rings is 3. The van der Waals surface area contributed by atoms with E-state index in [1.165, 1.54) is 0 Å². The molecule has 5 nitrogen and oxygen atoms in total. The Bertz CT molecular complexity index is 1580. The maximum Gasteiger partial charge on any atom is 0.256 e. The van der Waals surface area contributed by atoms with Crippen molar-refractivity contribution in [2.75, 3.05) is 6.54 Å². The van der Waals surface area contributed by atoms with Crippen molar-refractivity contribution < 1.29 is 4.79 Å². The van der Waals surface area contributed by atoms with Crippen molar-refractivity contribution in [1.82, 2.24) is 14.9 Å². The summed E-state index contributed by atoms with van der Waals surface area (Å²) in [5.74, 6) is 0.747. The van der Waals surface area contributed by atoms with Gasteiger partial charge in [-0.25, -0.2) is 4.98 Å². The van der Waals surface area contributed by atoms with Crippen LogP contribution in [0.25, 0.3) is 11.1 Å². The van der Waals surface area contributed by atoms with Crippen molar-refractivity contribution >= 4 is 33.4 Å². The highest BCUT2D eigenvalue weighted by Gasteiger charge is 2.48. The Kier molecular flexibility index (Phi) is 6.25.